The Morgan fingerprint density at radius 3 is 2.20 bits per heavy atom. The van der Waals surface area contributed by atoms with E-state index in [1.165, 1.54) is 30.3 Å². The topological polar surface area (TPSA) is 90.7 Å². The first-order valence-corrected chi connectivity index (χ1v) is 10.5. The van der Waals surface area contributed by atoms with E-state index in [0.29, 0.717) is 16.5 Å². The third-order valence-corrected chi connectivity index (χ3v) is 6.30. The van der Waals surface area contributed by atoms with Gasteiger partial charge in [0.1, 0.15) is 17.8 Å². The number of benzene rings is 3. The minimum atomic E-state index is -3.62. The lowest BCUT2D eigenvalue weighted by Crippen LogP contribution is -2.16. The van der Waals surface area contributed by atoms with Crippen molar-refractivity contribution in [1.29, 1.82) is 0 Å². The Kier molecular flexibility index (Phi) is 5.20. The number of hydrogen-bond donors (Lipinski definition) is 0. The Hall–Kier alpha value is -3.71. The highest BCUT2D eigenvalue weighted by Crippen LogP contribution is 2.21. The largest absolute Gasteiger partial charge is 0.457 e. The molecule has 7 heteroatoms. The van der Waals surface area contributed by atoms with E-state index in [4.69, 9.17) is 9.15 Å². The normalized spacial score (nSPS) is 11.3. The molecule has 0 aliphatic rings. The standard InChI is InChI=1S/C23H16O6S/c24-22(20-14-17-6-4-5-9-21(17)29-23(20)25)28-15-16-10-12-19(13-11-16)30(26,27)18-7-2-1-3-8-18/h1-14H,15H2. The predicted molar refractivity (Wildman–Crippen MR) is 110 cm³/mol. The van der Waals surface area contributed by atoms with Gasteiger partial charge in [0.25, 0.3) is 0 Å². The molecule has 0 bridgehead atoms. The molecule has 0 unspecified atom stereocenters. The fourth-order valence-corrected chi connectivity index (χ4v) is 4.21. The first-order chi connectivity index (χ1) is 14.4. The molecule has 3 aromatic carbocycles. The molecule has 1 heterocycles. The Bertz CT molecular complexity index is 1370. The molecule has 0 amide bonds. The van der Waals surface area contributed by atoms with Crippen molar-refractivity contribution in [1.82, 2.24) is 0 Å². The van der Waals surface area contributed by atoms with Crippen molar-refractivity contribution in [3.05, 3.63) is 106 Å². The number of ether oxygens (including phenoxy) is 1. The molecule has 0 saturated heterocycles. The third-order valence-electron chi connectivity index (χ3n) is 4.52. The minimum Gasteiger partial charge on any atom is -0.457 e. The molecule has 1 aromatic heterocycles. The monoisotopic (exact) mass is 420 g/mol. The number of fused-ring (bicyclic) bond motifs is 1. The second-order valence-electron chi connectivity index (χ2n) is 6.52. The van der Waals surface area contributed by atoms with E-state index in [9.17, 15) is 18.0 Å². The first kappa shape index (κ1) is 19.6. The van der Waals surface area contributed by atoms with Crippen LogP contribution in [0.25, 0.3) is 11.0 Å². The summed E-state index contributed by atoms with van der Waals surface area (Å²) in [7, 11) is -3.62. The van der Waals surface area contributed by atoms with Crippen LogP contribution >= 0.6 is 0 Å². The van der Waals surface area contributed by atoms with Crippen LogP contribution in [0.3, 0.4) is 0 Å². The van der Waals surface area contributed by atoms with Crippen molar-refractivity contribution < 1.29 is 22.4 Å². The number of carbonyl (C=O) groups excluding carboxylic acids is 1. The third kappa shape index (κ3) is 3.88. The van der Waals surface area contributed by atoms with Crippen molar-refractivity contribution >= 4 is 26.8 Å². The fraction of sp³-hybridized carbons (Fsp3) is 0.0435. The second-order valence-corrected chi connectivity index (χ2v) is 8.47. The van der Waals surface area contributed by atoms with Crippen LogP contribution in [0.5, 0.6) is 0 Å². The maximum atomic E-state index is 12.6. The summed E-state index contributed by atoms with van der Waals surface area (Å²) in [6.07, 6.45) is 0. The molecule has 4 aromatic rings. The smallest absolute Gasteiger partial charge is 0.351 e. The van der Waals surface area contributed by atoms with E-state index in [1.54, 1.807) is 54.6 Å². The first-order valence-electron chi connectivity index (χ1n) is 9.04. The lowest BCUT2D eigenvalue weighted by molar-refractivity contribution is 0.0468. The van der Waals surface area contributed by atoms with E-state index in [1.807, 2.05) is 0 Å². The van der Waals surface area contributed by atoms with Crippen LogP contribution in [0.4, 0.5) is 0 Å². The molecule has 0 aliphatic carbocycles. The van der Waals surface area contributed by atoms with Crippen LogP contribution in [0.2, 0.25) is 0 Å². The molecule has 0 aliphatic heterocycles. The zero-order valence-electron chi connectivity index (χ0n) is 15.6. The van der Waals surface area contributed by atoms with Crippen molar-refractivity contribution in [3.8, 4) is 0 Å². The molecule has 0 spiro atoms. The molecule has 0 radical (unpaired) electrons. The van der Waals surface area contributed by atoms with Crippen molar-refractivity contribution in [2.24, 2.45) is 0 Å². The van der Waals surface area contributed by atoms with Gasteiger partial charge in [-0.05, 0) is 42.0 Å². The molecule has 0 saturated carbocycles. The summed E-state index contributed by atoms with van der Waals surface area (Å²) >= 11 is 0. The maximum absolute atomic E-state index is 12.6. The van der Waals surface area contributed by atoms with Gasteiger partial charge in [-0.3, -0.25) is 0 Å². The quantitative estimate of drug-likeness (QED) is 0.358. The van der Waals surface area contributed by atoms with E-state index < -0.39 is 21.4 Å². The maximum Gasteiger partial charge on any atom is 0.351 e. The van der Waals surface area contributed by atoms with Crippen molar-refractivity contribution in [2.45, 2.75) is 16.4 Å². The molecule has 30 heavy (non-hydrogen) atoms. The SMILES string of the molecule is O=C(OCc1ccc(S(=O)(=O)c2ccccc2)cc1)c1cc2ccccc2oc1=O. The Morgan fingerprint density at radius 1 is 0.833 bits per heavy atom. The molecular formula is C23H16O6S. The minimum absolute atomic E-state index is 0.114. The average molecular weight is 420 g/mol. The summed E-state index contributed by atoms with van der Waals surface area (Å²) in [5.74, 6) is -0.810. The van der Waals surface area contributed by atoms with Gasteiger partial charge in [-0.1, -0.05) is 48.5 Å². The number of hydrogen-bond acceptors (Lipinski definition) is 6. The fourth-order valence-electron chi connectivity index (χ4n) is 2.93. The zero-order chi connectivity index (χ0) is 21.1. The Balaban J connectivity index is 1.49. The van der Waals surface area contributed by atoms with Gasteiger partial charge in [0.2, 0.25) is 9.84 Å². The van der Waals surface area contributed by atoms with Gasteiger partial charge in [0.15, 0.2) is 0 Å². The Morgan fingerprint density at radius 2 is 1.47 bits per heavy atom. The molecule has 0 fully saturated rings. The number of para-hydroxylation sites is 1. The Labute approximate surface area is 172 Å². The van der Waals surface area contributed by atoms with Crippen molar-refractivity contribution in [2.75, 3.05) is 0 Å². The lowest BCUT2D eigenvalue weighted by atomic mass is 10.2. The van der Waals surface area contributed by atoms with Gasteiger partial charge >= 0.3 is 11.6 Å². The van der Waals surface area contributed by atoms with Gasteiger partial charge in [0, 0.05) is 5.39 Å². The van der Waals surface area contributed by atoms with Gasteiger partial charge in [-0.25, -0.2) is 18.0 Å². The molecule has 0 atom stereocenters. The van der Waals surface area contributed by atoms with Crippen LogP contribution in [-0.4, -0.2) is 14.4 Å². The van der Waals surface area contributed by atoms with E-state index >= 15 is 0 Å². The zero-order valence-corrected chi connectivity index (χ0v) is 16.5. The van der Waals surface area contributed by atoms with Crippen LogP contribution in [0.1, 0.15) is 15.9 Å². The van der Waals surface area contributed by atoms with E-state index in [0.717, 1.165) is 0 Å². The highest BCUT2D eigenvalue weighted by Gasteiger charge is 2.18. The van der Waals surface area contributed by atoms with Gasteiger partial charge in [0.05, 0.1) is 9.79 Å². The van der Waals surface area contributed by atoms with Crippen molar-refractivity contribution in [3.63, 3.8) is 0 Å². The summed E-state index contributed by atoms with van der Waals surface area (Å²) in [6, 6.07) is 22.4. The highest BCUT2D eigenvalue weighted by molar-refractivity contribution is 7.91. The molecular weight excluding hydrogens is 404 g/mol. The summed E-state index contributed by atoms with van der Waals surface area (Å²) < 4.78 is 35.6. The lowest BCUT2D eigenvalue weighted by Gasteiger charge is -2.07. The van der Waals surface area contributed by atoms with Crippen LogP contribution in [0.15, 0.2) is 104 Å². The van der Waals surface area contributed by atoms with Crippen LogP contribution < -0.4 is 5.63 Å². The summed E-state index contributed by atoms with van der Waals surface area (Å²) in [4.78, 5) is 24.7. The average Bonchev–Trinajstić information content (AvgIpc) is 2.78. The number of sulfone groups is 1. The van der Waals surface area contributed by atoms with E-state index in [2.05, 4.69) is 0 Å². The van der Waals surface area contributed by atoms with Crippen LogP contribution in [-0.2, 0) is 21.2 Å². The van der Waals surface area contributed by atoms with Crippen LogP contribution in [0, 0.1) is 0 Å². The molecule has 150 valence electrons. The van der Waals surface area contributed by atoms with Gasteiger partial charge in [-0.15, -0.1) is 0 Å². The predicted octanol–water partition coefficient (Wildman–Crippen LogP) is 3.98. The molecule has 4 rings (SSSR count). The summed E-state index contributed by atoms with van der Waals surface area (Å²) in [5, 5.41) is 0.611. The van der Waals surface area contributed by atoms with Gasteiger partial charge in [-0.2, -0.15) is 0 Å². The summed E-state index contributed by atoms with van der Waals surface area (Å²) in [5.41, 5.74) is -0.00483. The molecule has 0 N–H and O–H groups in total. The number of esters is 1. The second kappa shape index (κ2) is 7.96. The van der Waals surface area contributed by atoms with Gasteiger partial charge < -0.3 is 9.15 Å². The van der Waals surface area contributed by atoms with E-state index in [-0.39, 0.29) is 22.0 Å². The highest BCUT2D eigenvalue weighted by atomic mass is 32.2. The molecule has 6 nitrogen and oxygen atoms in total. The summed E-state index contributed by atoms with van der Waals surface area (Å²) in [6.45, 7) is -0.114. The number of rotatable bonds is 5. The number of carbonyl (C=O) groups is 1.